The lowest BCUT2D eigenvalue weighted by Gasteiger charge is -2.39. The summed E-state index contributed by atoms with van der Waals surface area (Å²) >= 11 is 1.75. The van der Waals surface area contributed by atoms with Gasteiger partial charge in [0.05, 0.1) is 52.4 Å². The molecule has 2 heterocycles. The third kappa shape index (κ3) is 12.0. The molecule has 0 N–H and O–H groups in total. The van der Waals surface area contributed by atoms with Crippen molar-refractivity contribution in [3.05, 3.63) is 154 Å². The van der Waals surface area contributed by atoms with Crippen molar-refractivity contribution in [1.82, 2.24) is 14.2 Å². The molecule has 0 radical (unpaired) electrons. The molecular formula is C51H63N4O7PS. The van der Waals surface area contributed by atoms with Gasteiger partial charge in [-0.25, -0.2) is 9.65 Å². The number of aryl methyl sites for hydroxylation is 1. The van der Waals surface area contributed by atoms with Gasteiger partial charge in [-0.3, -0.25) is 9.36 Å². The molecule has 1 aliphatic rings. The van der Waals surface area contributed by atoms with Crippen LogP contribution < -0.4 is 15.0 Å². The van der Waals surface area contributed by atoms with E-state index in [1.807, 2.05) is 66.7 Å². The van der Waals surface area contributed by atoms with Crippen LogP contribution in [0.5, 0.6) is 11.5 Å². The molecule has 340 valence electrons. The number of nitrogens with zero attached hydrogens (tertiary/aromatic N) is 4. The van der Waals surface area contributed by atoms with E-state index in [-0.39, 0.29) is 42.7 Å². The first-order valence-electron chi connectivity index (χ1n) is 22.0. The highest BCUT2D eigenvalue weighted by Crippen LogP contribution is 2.51. The predicted octanol–water partition coefficient (Wildman–Crippen LogP) is 10.9. The zero-order valence-electron chi connectivity index (χ0n) is 38.6. The van der Waals surface area contributed by atoms with E-state index >= 15 is 0 Å². The molecule has 1 unspecified atom stereocenters. The molecule has 4 aromatic carbocycles. The van der Waals surface area contributed by atoms with E-state index in [4.69, 9.17) is 33.0 Å². The summed E-state index contributed by atoms with van der Waals surface area (Å²) in [5, 5.41) is 9.42. The van der Waals surface area contributed by atoms with Gasteiger partial charge in [0.25, 0.3) is 14.1 Å². The number of hydrogen-bond donors (Lipinski definition) is 0. The van der Waals surface area contributed by atoms with Crippen LogP contribution in [0.4, 0.5) is 0 Å². The molecule has 11 nitrogen and oxygen atoms in total. The van der Waals surface area contributed by atoms with Gasteiger partial charge >= 0.3 is 0 Å². The second-order valence-corrected chi connectivity index (χ2v) is 19.9. The summed E-state index contributed by atoms with van der Waals surface area (Å²) in [6, 6.07) is 38.5. The first kappa shape index (κ1) is 48.9. The largest absolute Gasteiger partial charge is 0.497 e. The van der Waals surface area contributed by atoms with Crippen molar-refractivity contribution in [2.24, 2.45) is 0 Å². The molecule has 1 aliphatic heterocycles. The average Bonchev–Trinajstić information content (AvgIpc) is 3.68. The number of thioether (sulfide) groups is 1. The molecule has 0 aliphatic carbocycles. The fourth-order valence-corrected chi connectivity index (χ4v) is 10.6. The Kier molecular flexibility index (Phi) is 17.2. The molecule has 1 fully saturated rings. The van der Waals surface area contributed by atoms with Gasteiger partial charge in [-0.05, 0) is 98.2 Å². The van der Waals surface area contributed by atoms with E-state index < -0.39 is 32.6 Å². The Bertz CT molecular complexity index is 2260. The molecule has 0 saturated carbocycles. The van der Waals surface area contributed by atoms with E-state index in [1.165, 1.54) is 10.5 Å². The van der Waals surface area contributed by atoms with Crippen molar-refractivity contribution in [2.45, 2.75) is 114 Å². The SMILES string of the molecule is COc1ccc(C(OC[C@H]2O[C@@H](n3cnc(CCSc4ccc(C(C)(C)C)cc4)cc3=O)C[C@@H]2OP(OCCC#N)N(C(C)C)C(C)C)(c2ccccc2)c2ccc(OC)cc2)cc1. The Balaban J connectivity index is 1.33. The molecule has 0 amide bonds. The molecule has 0 bridgehead atoms. The van der Waals surface area contributed by atoms with Gasteiger partial charge in [-0.1, -0.05) is 87.5 Å². The summed E-state index contributed by atoms with van der Waals surface area (Å²) in [5.74, 6) is 2.22. The Morgan fingerprint density at radius 3 is 1.97 bits per heavy atom. The maximum absolute atomic E-state index is 13.9. The van der Waals surface area contributed by atoms with Gasteiger partial charge in [0, 0.05) is 40.9 Å². The van der Waals surface area contributed by atoms with Crippen LogP contribution in [-0.2, 0) is 36.0 Å². The first-order valence-corrected chi connectivity index (χ1v) is 24.1. The van der Waals surface area contributed by atoms with Crippen LogP contribution in [0, 0.1) is 11.3 Å². The lowest BCUT2D eigenvalue weighted by Crippen LogP contribution is -2.39. The summed E-state index contributed by atoms with van der Waals surface area (Å²) in [5.41, 5.74) is 3.44. The third-order valence-corrected chi connectivity index (χ3v) is 14.4. The van der Waals surface area contributed by atoms with Crippen LogP contribution in [0.3, 0.4) is 0 Å². The van der Waals surface area contributed by atoms with Crippen molar-refractivity contribution in [3.63, 3.8) is 0 Å². The smallest absolute Gasteiger partial charge is 0.259 e. The molecule has 64 heavy (non-hydrogen) atoms. The number of ether oxygens (including phenoxy) is 4. The second kappa shape index (κ2) is 22.6. The van der Waals surface area contributed by atoms with Crippen LogP contribution in [0.15, 0.2) is 125 Å². The molecular weight excluding hydrogens is 844 g/mol. The number of hydrogen-bond acceptors (Lipinski definition) is 11. The summed E-state index contributed by atoms with van der Waals surface area (Å²) < 4.78 is 42.5. The Hall–Kier alpha value is -4.57. The van der Waals surface area contributed by atoms with Crippen LogP contribution in [0.1, 0.15) is 95.5 Å². The van der Waals surface area contributed by atoms with Gasteiger partial charge in [0.15, 0.2) is 0 Å². The maximum Gasteiger partial charge on any atom is 0.259 e. The molecule has 0 spiro atoms. The summed E-state index contributed by atoms with van der Waals surface area (Å²) in [6.07, 6.45) is 0.880. The van der Waals surface area contributed by atoms with E-state index in [0.717, 1.165) is 39.6 Å². The van der Waals surface area contributed by atoms with Crippen LogP contribution in [0.25, 0.3) is 0 Å². The minimum absolute atomic E-state index is 0.0765. The van der Waals surface area contributed by atoms with Gasteiger partial charge < -0.3 is 28.0 Å². The Labute approximate surface area is 385 Å². The van der Waals surface area contributed by atoms with Gasteiger partial charge in [0.1, 0.15) is 29.4 Å². The normalized spacial score (nSPS) is 17.2. The minimum atomic E-state index is -1.66. The van der Waals surface area contributed by atoms with Crippen molar-refractivity contribution in [2.75, 3.05) is 33.2 Å². The lowest BCUT2D eigenvalue weighted by molar-refractivity contribution is -0.0925. The van der Waals surface area contributed by atoms with E-state index in [0.29, 0.717) is 12.8 Å². The molecule has 13 heteroatoms. The Morgan fingerprint density at radius 2 is 1.44 bits per heavy atom. The number of rotatable bonds is 21. The topological polar surface area (TPSA) is 117 Å². The van der Waals surface area contributed by atoms with E-state index in [1.54, 1.807) is 42.9 Å². The standard InChI is InChI=1S/C51H63N4O7PS/c1-36(2)55(37(3)4)63(60-30-13-29-52)62-46-33-49(54-35-53-42(32-48(54)56)28-31-64-45-26-20-38(21-27-45)50(5,6)7)61-47(46)34-59-51(39-14-11-10-12-15-39,40-16-22-43(57-8)23-17-40)41-18-24-44(58-9)25-19-41/h10-12,14-27,32,35-37,46-47,49H,13,28,30-31,33-34H2,1-9H3/t46-,47+,49+,63?/m0/s1. The van der Waals surface area contributed by atoms with Crippen LogP contribution >= 0.6 is 20.3 Å². The van der Waals surface area contributed by atoms with Crippen LogP contribution in [0.2, 0.25) is 0 Å². The zero-order valence-corrected chi connectivity index (χ0v) is 40.3. The molecule has 6 rings (SSSR count). The summed E-state index contributed by atoms with van der Waals surface area (Å²) in [6.45, 7) is 15.3. The quantitative estimate of drug-likeness (QED) is 0.0303. The minimum Gasteiger partial charge on any atom is -0.497 e. The highest BCUT2D eigenvalue weighted by molar-refractivity contribution is 7.99. The molecule has 4 atom stereocenters. The van der Waals surface area contributed by atoms with Crippen molar-refractivity contribution >= 4 is 20.3 Å². The van der Waals surface area contributed by atoms with Crippen LogP contribution in [-0.4, -0.2) is 71.7 Å². The average molecular weight is 907 g/mol. The second-order valence-electron chi connectivity index (χ2n) is 17.4. The monoisotopic (exact) mass is 906 g/mol. The van der Waals surface area contributed by atoms with Crippen molar-refractivity contribution in [3.8, 4) is 17.6 Å². The number of benzene rings is 4. The van der Waals surface area contributed by atoms with Gasteiger partial charge in [-0.2, -0.15) is 5.26 Å². The first-order chi connectivity index (χ1) is 30.8. The molecule has 1 saturated heterocycles. The summed E-state index contributed by atoms with van der Waals surface area (Å²) in [7, 11) is 1.64. The molecule has 1 aromatic heterocycles. The van der Waals surface area contributed by atoms with E-state index in [9.17, 15) is 10.1 Å². The predicted molar refractivity (Wildman–Crippen MR) is 255 cm³/mol. The molecule has 5 aromatic rings. The fourth-order valence-electron chi connectivity index (χ4n) is 7.95. The van der Waals surface area contributed by atoms with Gasteiger partial charge in [-0.15, -0.1) is 11.8 Å². The number of nitriles is 1. The van der Waals surface area contributed by atoms with Crippen molar-refractivity contribution < 1.29 is 28.0 Å². The summed E-state index contributed by atoms with van der Waals surface area (Å²) in [4.78, 5) is 19.9. The zero-order chi connectivity index (χ0) is 45.9. The number of aromatic nitrogens is 2. The third-order valence-electron chi connectivity index (χ3n) is 11.3. The highest BCUT2D eigenvalue weighted by Gasteiger charge is 2.45. The Morgan fingerprint density at radius 1 is 0.859 bits per heavy atom. The fraction of sp³-hybridized carbons (Fsp3) is 0.431. The van der Waals surface area contributed by atoms with Crippen molar-refractivity contribution in [1.29, 1.82) is 5.26 Å². The maximum atomic E-state index is 13.9. The van der Waals surface area contributed by atoms with E-state index in [2.05, 4.69) is 95.6 Å². The highest BCUT2D eigenvalue weighted by atomic mass is 32.2. The number of methoxy groups -OCH3 is 2. The lowest BCUT2D eigenvalue weighted by atomic mass is 9.80. The van der Waals surface area contributed by atoms with Gasteiger partial charge in [0.2, 0.25) is 0 Å².